The van der Waals surface area contributed by atoms with Crippen molar-refractivity contribution in [2.75, 3.05) is 5.32 Å². The molecule has 1 amide bonds. The van der Waals surface area contributed by atoms with Gasteiger partial charge in [-0.25, -0.2) is 9.37 Å². The summed E-state index contributed by atoms with van der Waals surface area (Å²) < 4.78 is 51.1. The number of aromatic amines is 1. The van der Waals surface area contributed by atoms with Gasteiger partial charge in [0, 0.05) is 11.6 Å². The highest BCUT2D eigenvalue weighted by Gasteiger charge is 2.30. The summed E-state index contributed by atoms with van der Waals surface area (Å²) in [6.07, 6.45) is -1.89. The van der Waals surface area contributed by atoms with Crippen LogP contribution in [-0.4, -0.2) is 15.9 Å². The second-order valence-corrected chi connectivity index (χ2v) is 5.58. The van der Waals surface area contributed by atoms with Gasteiger partial charge in [0.25, 0.3) is 0 Å². The molecule has 3 rings (SSSR count). The molecule has 4 nitrogen and oxygen atoms in total. The molecule has 0 spiro atoms. The topological polar surface area (TPSA) is 57.8 Å². The molecule has 0 saturated heterocycles. The van der Waals surface area contributed by atoms with Gasteiger partial charge in [-0.2, -0.15) is 13.2 Å². The molecular weight excluding hydrogens is 338 g/mol. The fourth-order valence-corrected chi connectivity index (χ4v) is 2.43. The van der Waals surface area contributed by atoms with Crippen LogP contribution >= 0.6 is 0 Å². The molecule has 1 aromatic carbocycles. The Hall–Kier alpha value is -2.90. The summed E-state index contributed by atoms with van der Waals surface area (Å²) in [5.74, 6) is -1.66. The number of aromatic nitrogens is 2. The number of amides is 1. The molecule has 2 heterocycles. The molecule has 2 aromatic heterocycles. The third kappa shape index (κ3) is 3.47. The first-order chi connectivity index (χ1) is 11.8. The average Bonchev–Trinajstić information content (AvgIpc) is 2.95. The molecule has 8 heteroatoms. The van der Waals surface area contributed by atoms with Crippen LogP contribution in [-0.2, 0) is 11.0 Å². The van der Waals surface area contributed by atoms with Crippen LogP contribution < -0.4 is 5.32 Å². The van der Waals surface area contributed by atoms with Crippen LogP contribution in [0, 0.1) is 5.82 Å². The molecule has 0 aliphatic rings. The minimum absolute atomic E-state index is 0.353. The van der Waals surface area contributed by atoms with Gasteiger partial charge in [0.1, 0.15) is 11.5 Å². The van der Waals surface area contributed by atoms with E-state index in [0.29, 0.717) is 22.3 Å². The van der Waals surface area contributed by atoms with Gasteiger partial charge < -0.3 is 10.3 Å². The Morgan fingerprint density at radius 1 is 1.24 bits per heavy atom. The van der Waals surface area contributed by atoms with E-state index in [1.54, 1.807) is 6.92 Å². The van der Waals surface area contributed by atoms with Gasteiger partial charge >= 0.3 is 6.18 Å². The molecule has 25 heavy (non-hydrogen) atoms. The van der Waals surface area contributed by atoms with Gasteiger partial charge in [-0.1, -0.05) is 12.1 Å². The van der Waals surface area contributed by atoms with E-state index in [4.69, 9.17) is 0 Å². The third-order valence-electron chi connectivity index (χ3n) is 3.89. The van der Waals surface area contributed by atoms with E-state index >= 15 is 0 Å². The number of benzene rings is 1. The fourth-order valence-electron chi connectivity index (χ4n) is 2.43. The van der Waals surface area contributed by atoms with Crippen molar-refractivity contribution in [2.24, 2.45) is 0 Å². The number of halogens is 4. The lowest BCUT2D eigenvalue weighted by atomic mass is 9.99. The zero-order chi connectivity index (χ0) is 18.2. The second-order valence-electron chi connectivity index (χ2n) is 5.58. The van der Waals surface area contributed by atoms with Crippen molar-refractivity contribution in [1.29, 1.82) is 0 Å². The number of anilines is 1. The lowest BCUT2D eigenvalue weighted by molar-refractivity contribution is -0.137. The number of hydrogen-bond donors (Lipinski definition) is 2. The van der Waals surface area contributed by atoms with Gasteiger partial charge in [-0.3, -0.25) is 4.79 Å². The van der Waals surface area contributed by atoms with Gasteiger partial charge in [-0.15, -0.1) is 0 Å². The smallest absolute Gasteiger partial charge is 0.344 e. The number of carbonyl (C=O) groups excluding carboxylic acids is 1. The number of rotatable bonds is 3. The predicted octanol–water partition coefficient (Wildman–Crippen LogP) is 4.46. The van der Waals surface area contributed by atoms with Crippen molar-refractivity contribution in [1.82, 2.24) is 9.97 Å². The van der Waals surface area contributed by atoms with Crippen LogP contribution in [0.25, 0.3) is 11.0 Å². The zero-order valence-corrected chi connectivity index (χ0v) is 13.0. The molecule has 2 N–H and O–H groups in total. The number of nitrogens with zero attached hydrogens (tertiary/aromatic N) is 1. The molecule has 1 atom stereocenters. The van der Waals surface area contributed by atoms with Crippen LogP contribution in [0.4, 0.5) is 23.2 Å². The zero-order valence-electron chi connectivity index (χ0n) is 13.0. The number of alkyl halides is 3. The van der Waals surface area contributed by atoms with Crippen LogP contribution in [0.1, 0.15) is 24.0 Å². The molecule has 3 aromatic rings. The lowest BCUT2D eigenvalue weighted by Gasteiger charge is -2.13. The number of nitrogens with one attached hydrogen (secondary N) is 2. The van der Waals surface area contributed by atoms with E-state index in [1.165, 1.54) is 24.4 Å². The van der Waals surface area contributed by atoms with Crippen molar-refractivity contribution < 1.29 is 22.4 Å². The summed E-state index contributed by atoms with van der Waals surface area (Å²) in [7, 11) is 0. The highest BCUT2D eigenvalue weighted by molar-refractivity contribution is 6.02. The van der Waals surface area contributed by atoms with Crippen molar-refractivity contribution in [2.45, 2.75) is 19.0 Å². The van der Waals surface area contributed by atoms with Crippen molar-refractivity contribution in [3.05, 3.63) is 59.7 Å². The van der Waals surface area contributed by atoms with Gasteiger partial charge in [-0.05, 0) is 30.7 Å². The normalized spacial score (nSPS) is 13.0. The SMILES string of the molecule is CC(C(=O)Nc1c[nH]c2ncc(F)cc12)c1ccc(C(F)(F)F)cc1. The minimum atomic E-state index is -4.43. The molecule has 1 unspecified atom stereocenters. The highest BCUT2D eigenvalue weighted by atomic mass is 19.4. The average molecular weight is 351 g/mol. The van der Waals surface area contributed by atoms with E-state index in [1.807, 2.05) is 0 Å². The number of fused-ring (bicyclic) bond motifs is 1. The number of H-pyrrole nitrogens is 1. The first kappa shape index (κ1) is 16.9. The first-order valence-corrected chi connectivity index (χ1v) is 7.36. The van der Waals surface area contributed by atoms with Crippen LogP contribution in [0.3, 0.4) is 0 Å². The maximum absolute atomic E-state index is 13.3. The van der Waals surface area contributed by atoms with Crippen LogP contribution in [0.2, 0.25) is 0 Å². The summed E-state index contributed by atoms with van der Waals surface area (Å²) in [4.78, 5) is 19.0. The summed E-state index contributed by atoms with van der Waals surface area (Å²) in [6, 6.07) is 5.64. The number of carbonyl (C=O) groups is 1. The van der Waals surface area contributed by atoms with Crippen LogP contribution in [0.5, 0.6) is 0 Å². The lowest BCUT2D eigenvalue weighted by Crippen LogP contribution is -2.19. The standard InChI is InChI=1S/C17H13F4N3O/c1-9(10-2-4-11(5-3-10)17(19,20)21)16(25)24-14-8-23-15-13(14)6-12(18)7-22-15/h2-9H,1H3,(H,22,23)(H,24,25). The number of pyridine rings is 1. The Balaban J connectivity index is 1.79. The molecule has 0 fully saturated rings. The van der Waals surface area contributed by atoms with E-state index < -0.39 is 29.4 Å². The largest absolute Gasteiger partial charge is 0.416 e. The Morgan fingerprint density at radius 3 is 2.56 bits per heavy atom. The first-order valence-electron chi connectivity index (χ1n) is 7.36. The Morgan fingerprint density at radius 2 is 1.92 bits per heavy atom. The highest BCUT2D eigenvalue weighted by Crippen LogP contribution is 2.30. The van der Waals surface area contributed by atoms with Crippen molar-refractivity contribution in [3.8, 4) is 0 Å². The molecule has 0 saturated carbocycles. The third-order valence-corrected chi connectivity index (χ3v) is 3.89. The Labute approximate surface area is 139 Å². The molecule has 130 valence electrons. The van der Waals surface area contributed by atoms with Gasteiger partial charge in [0.05, 0.1) is 23.4 Å². The van der Waals surface area contributed by atoms with Gasteiger partial charge in [0.2, 0.25) is 5.91 Å². The molecular formula is C17H13F4N3O. The second kappa shape index (κ2) is 6.19. The molecule has 0 aliphatic carbocycles. The Bertz CT molecular complexity index is 916. The minimum Gasteiger partial charge on any atom is -0.344 e. The molecule has 0 aliphatic heterocycles. The summed E-state index contributed by atoms with van der Waals surface area (Å²) >= 11 is 0. The van der Waals surface area contributed by atoms with Crippen molar-refractivity contribution in [3.63, 3.8) is 0 Å². The monoisotopic (exact) mass is 351 g/mol. The summed E-state index contributed by atoms with van der Waals surface area (Å²) in [5.41, 5.74) is 0.432. The molecule has 0 radical (unpaired) electrons. The van der Waals surface area contributed by atoms with Gasteiger partial charge in [0.15, 0.2) is 0 Å². The fraction of sp³-hybridized carbons (Fsp3) is 0.176. The maximum atomic E-state index is 13.3. The maximum Gasteiger partial charge on any atom is 0.416 e. The van der Waals surface area contributed by atoms with E-state index in [9.17, 15) is 22.4 Å². The van der Waals surface area contributed by atoms with E-state index in [-0.39, 0.29) is 0 Å². The quantitative estimate of drug-likeness (QED) is 0.685. The number of hydrogen-bond acceptors (Lipinski definition) is 2. The summed E-state index contributed by atoms with van der Waals surface area (Å²) in [5, 5.41) is 3.05. The summed E-state index contributed by atoms with van der Waals surface area (Å²) in [6.45, 7) is 1.58. The Kier molecular flexibility index (Phi) is 4.20. The van der Waals surface area contributed by atoms with E-state index in [0.717, 1.165) is 18.3 Å². The molecule has 0 bridgehead atoms. The van der Waals surface area contributed by atoms with Crippen molar-refractivity contribution >= 4 is 22.6 Å². The van der Waals surface area contributed by atoms with Crippen LogP contribution in [0.15, 0.2) is 42.7 Å². The van der Waals surface area contributed by atoms with E-state index in [2.05, 4.69) is 15.3 Å². The predicted molar refractivity (Wildman–Crippen MR) is 84.5 cm³/mol.